The van der Waals surface area contributed by atoms with Crippen molar-refractivity contribution in [3.05, 3.63) is 29.8 Å². The first-order chi connectivity index (χ1) is 8.09. The predicted octanol–water partition coefficient (Wildman–Crippen LogP) is 1.83. The molecule has 0 aliphatic carbocycles. The van der Waals surface area contributed by atoms with Crippen LogP contribution in [0, 0.1) is 5.82 Å². The van der Waals surface area contributed by atoms with Crippen LogP contribution in [-0.2, 0) is 4.79 Å². The van der Waals surface area contributed by atoms with Crippen molar-refractivity contribution in [2.45, 2.75) is 31.8 Å². The molecule has 0 saturated carbocycles. The van der Waals surface area contributed by atoms with E-state index in [0.29, 0.717) is 12.1 Å². The van der Waals surface area contributed by atoms with Gasteiger partial charge in [0.2, 0.25) is 0 Å². The van der Waals surface area contributed by atoms with Gasteiger partial charge in [0.25, 0.3) is 0 Å². The molecule has 1 aliphatic heterocycles. The van der Waals surface area contributed by atoms with Gasteiger partial charge in [-0.2, -0.15) is 0 Å². The number of carboxylic acids is 1. The Hall–Kier alpha value is -1.49. The van der Waals surface area contributed by atoms with Gasteiger partial charge in [-0.05, 0) is 38.4 Å². The summed E-state index contributed by atoms with van der Waals surface area (Å²) in [4.78, 5) is 17.0. The molecule has 1 saturated heterocycles. The average molecular weight is 238 g/mol. The molecule has 2 unspecified atom stereocenters. The molecule has 0 bridgehead atoms. The first-order valence-corrected chi connectivity index (χ1v) is 5.69. The third kappa shape index (κ3) is 2.44. The monoisotopic (exact) mass is 238 g/mol. The quantitative estimate of drug-likeness (QED) is 0.872. The van der Waals surface area contributed by atoms with Gasteiger partial charge in [-0.1, -0.05) is 0 Å². The molecule has 1 N–H and O–H groups in total. The van der Waals surface area contributed by atoms with Gasteiger partial charge in [-0.3, -0.25) is 14.7 Å². The second kappa shape index (κ2) is 4.79. The standard InChI is InChI=1S/C12H15FN2O2/c1-8(10-5-4-9(13)7-14-10)15-6-2-3-11(15)12(16)17/h4-5,7-8,11H,2-3,6H2,1H3,(H,16,17). The summed E-state index contributed by atoms with van der Waals surface area (Å²) in [5, 5.41) is 9.10. The third-order valence-corrected chi connectivity index (χ3v) is 3.26. The van der Waals surface area contributed by atoms with E-state index in [0.717, 1.165) is 19.2 Å². The topological polar surface area (TPSA) is 53.4 Å². The predicted molar refractivity (Wildman–Crippen MR) is 60.0 cm³/mol. The largest absolute Gasteiger partial charge is 0.480 e. The molecule has 1 aliphatic rings. The van der Waals surface area contributed by atoms with Crippen molar-refractivity contribution in [3.63, 3.8) is 0 Å². The van der Waals surface area contributed by atoms with E-state index in [1.165, 1.54) is 6.07 Å². The van der Waals surface area contributed by atoms with Crippen molar-refractivity contribution in [1.29, 1.82) is 0 Å². The molecule has 1 fully saturated rings. The maximum Gasteiger partial charge on any atom is 0.320 e. The number of carboxylic acid groups (broad SMARTS) is 1. The van der Waals surface area contributed by atoms with Gasteiger partial charge in [0.15, 0.2) is 0 Å². The Balaban J connectivity index is 2.16. The summed E-state index contributed by atoms with van der Waals surface area (Å²) in [5.41, 5.74) is 0.708. The lowest BCUT2D eigenvalue weighted by molar-refractivity contribution is -0.142. The highest BCUT2D eigenvalue weighted by Gasteiger charge is 2.34. The van der Waals surface area contributed by atoms with Crippen LogP contribution in [0.5, 0.6) is 0 Å². The van der Waals surface area contributed by atoms with E-state index in [2.05, 4.69) is 4.98 Å². The number of hydrogen-bond donors (Lipinski definition) is 1. The van der Waals surface area contributed by atoms with E-state index in [-0.39, 0.29) is 11.9 Å². The van der Waals surface area contributed by atoms with Crippen LogP contribution < -0.4 is 0 Å². The van der Waals surface area contributed by atoms with Crippen LogP contribution >= 0.6 is 0 Å². The lowest BCUT2D eigenvalue weighted by atomic mass is 10.1. The van der Waals surface area contributed by atoms with E-state index in [4.69, 9.17) is 5.11 Å². The second-order valence-corrected chi connectivity index (χ2v) is 4.31. The van der Waals surface area contributed by atoms with Gasteiger partial charge in [0.05, 0.1) is 17.9 Å². The number of hydrogen-bond acceptors (Lipinski definition) is 3. The molecule has 2 atom stereocenters. The molecule has 92 valence electrons. The molecule has 4 nitrogen and oxygen atoms in total. The second-order valence-electron chi connectivity index (χ2n) is 4.31. The third-order valence-electron chi connectivity index (χ3n) is 3.26. The van der Waals surface area contributed by atoms with E-state index in [1.54, 1.807) is 6.07 Å². The van der Waals surface area contributed by atoms with E-state index in [9.17, 15) is 9.18 Å². The lowest BCUT2D eigenvalue weighted by Crippen LogP contribution is -2.37. The summed E-state index contributed by atoms with van der Waals surface area (Å²) in [6.45, 7) is 2.65. The molecule has 0 amide bonds. The van der Waals surface area contributed by atoms with Crippen LogP contribution in [0.3, 0.4) is 0 Å². The van der Waals surface area contributed by atoms with Gasteiger partial charge in [0, 0.05) is 0 Å². The van der Waals surface area contributed by atoms with Crippen molar-refractivity contribution in [1.82, 2.24) is 9.88 Å². The maximum atomic E-state index is 12.8. The highest BCUT2D eigenvalue weighted by molar-refractivity contribution is 5.73. The molecular formula is C12H15FN2O2. The molecule has 0 radical (unpaired) electrons. The van der Waals surface area contributed by atoms with Crippen molar-refractivity contribution in [2.75, 3.05) is 6.54 Å². The van der Waals surface area contributed by atoms with E-state index in [1.807, 2.05) is 11.8 Å². The fourth-order valence-electron chi connectivity index (χ4n) is 2.32. The highest BCUT2D eigenvalue weighted by atomic mass is 19.1. The Morgan fingerprint density at radius 2 is 2.41 bits per heavy atom. The van der Waals surface area contributed by atoms with Crippen LogP contribution in [0.1, 0.15) is 31.5 Å². The van der Waals surface area contributed by atoms with Crippen molar-refractivity contribution in [2.24, 2.45) is 0 Å². The van der Waals surface area contributed by atoms with Gasteiger partial charge < -0.3 is 5.11 Å². The number of halogens is 1. The Kier molecular flexibility index (Phi) is 3.38. The first-order valence-electron chi connectivity index (χ1n) is 5.69. The summed E-state index contributed by atoms with van der Waals surface area (Å²) in [7, 11) is 0. The minimum atomic E-state index is -0.795. The Bertz CT molecular complexity index is 407. The van der Waals surface area contributed by atoms with E-state index < -0.39 is 12.0 Å². The number of likely N-dealkylation sites (tertiary alicyclic amines) is 1. The average Bonchev–Trinajstić information content (AvgIpc) is 2.78. The molecule has 0 aromatic carbocycles. The van der Waals surface area contributed by atoms with Gasteiger partial charge in [-0.15, -0.1) is 0 Å². The molecule has 2 rings (SSSR count). The number of pyridine rings is 1. The highest BCUT2D eigenvalue weighted by Crippen LogP contribution is 2.28. The van der Waals surface area contributed by atoms with Crippen LogP contribution in [0.2, 0.25) is 0 Å². The summed E-state index contributed by atoms with van der Waals surface area (Å²) < 4.78 is 12.8. The SMILES string of the molecule is CC(c1ccc(F)cn1)N1CCCC1C(=O)O. The van der Waals surface area contributed by atoms with Crippen molar-refractivity contribution in [3.8, 4) is 0 Å². The summed E-state index contributed by atoms with van der Waals surface area (Å²) in [6.07, 6.45) is 2.71. The fraction of sp³-hybridized carbons (Fsp3) is 0.500. The Morgan fingerprint density at radius 1 is 1.65 bits per heavy atom. The molecule has 0 spiro atoms. The van der Waals surface area contributed by atoms with Crippen molar-refractivity contribution < 1.29 is 14.3 Å². The zero-order chi connectivity index (χ0) is 12.4. The van der Waals surface area contributed by atoms with Gasteiger partial charge >= 0.3 is 5.97 Å². The summed E-state index contributed by atoms with van der Waals surface area (Å²) >= 11 is 0. The van der Waals surface area contributed by atoms with Crippen LogP contribution in [0.15, 0.2) is 18.3 Å². The molecule has 2 heterocycles. The van der Waals surface area contributed by atoms with Crippen molar-refractivity contribution >= 4 is 5.97 Å². The smallest absolute Gasteiger partial charge is 0.320 e. The fourth-order valence-corrected chi connectivity index (χ4v) is 2.32. The van der Waals surface area contributed by atoms with Crippen LogP contribution in [0.25, 0.3) is 0 Å². The Morgan fingerprint density at radius 3 is 3.00 bits per heavy atom. The molecule has 1 aromatic rings. The zero-order valence-corrected chi connectivity index (χ0v) is 9.64. The maximum absolute atomic E-state index is 12.8. The minimum absolute atomic E-state index is 0.0980. The molecule has 1 aromatic heterocycles. The molecular weight excluding hydrogens is 223 g/mol. The van der Waals surface area contributed by atoms with Gasteiger partial charge in [0.1, 0.15) is 11.9 Å². The Labute approximate surface area is 99.1 Å². The normalized spacial score (nSPS) is 22.6. The zero-order valence-electron chi connectivity index (χ0n) is 9.64. The first kappa shape index (κ1) is 12.0. The number of nitrogens with zero attached hydrogens (tertiary/aromatic N) is 2. The molecule has 5 heteroatoms. The van der Waals surface area contributed by atoms with Gasteiger partial charge in [-0.25, -0.2) is 4.39 Å². The minimum Gasteiger partial charge on any atom is -0.480 e. The molecule has 17 heavy (non-hydrogen) atoms. The number of carbonyl (C=O) groups is 1. The summed E-state index contributed by atoms with van der Waals surface area (Å²) in [5.74, 6) is -1.17. The van der Waals surface area contributed by atoms with Crippen LogP contribution in [-0.4, -0.2) is 33.5 Å². The number of rotatable bonds is 3. The number of aromatic nitrogens is 1. The lowest BCUT2D eigenvalue weighted by Gasteiger charge is -2.27. The summed E-state index contributed by atoms with van der Waals surface area (Å²) in [6, 6.07) is 2.41. The number of aliphatic carboxylic acids is 1. The van der Waals surface area contributed by atoms with E-state index >= 15 is 0 Å². The van der Waals surface area contributed by atoms with Crippen LogP contribution in [0.4, 0.5) is 4.39 Å².